The van der Waals surface area contributed by atoms with E-state index in [4.69, 9.17) is 0 Å². The molecular formula is C19H19N3O4. The van der Waals surface area contributed by atoms with Crippen molar-refractivity contribution >= 4 is 23.6 Å². The molecule has 0 unspecified atom stereocenters. The predicted molar refractivity (Wildman–Crippen MR) is 96.2 cm³/mol. The Morgan fingerprint density at radius 1 is 1.15 bits per heavy atom. The lowest BCUT2D eigenvalue weighted by Crippen LogP contribution is -2.34. The molecule has 2 aromatic carbocycles. The van der Waals surface area contributed by atoms with Gasteiger partial charge in [0.1, 0.15) is 0 Å². The first-order valence-corrected chi connectivity index (χ1v) is 8.22. The third-order valence-corrected chi connectivity index (χ3v) is 4.35. The molecule has 0 spiro atoms. The van der Waals surface area contributed by atoms with Gasteiger partial charge in [0, 0.05) is 24.3 Å². The predicted octanol–water partition coefficient (Wildman–Crippen LogP) is 2.08. The van der Waals surface area contributed by atoms with Crippen LogP contribution in [0.25, 0.3) is 0 Å². The second-order valence-electron chi connectivity index (χ2n) is 5.99. The highest BCUT2D eigenvalue weighted by Gasteiger charge is 2.26. The summed E-state index contributed by atoms with van der Waals surface area (Å²) in [5, 5.41) is 14.8. The zero-order valence-electron chi connectivity index (χ0n) is 14.2. The Labute approximate surface area is 150 Å². The van der Waals surface area contributed by atoms with Crippen LogP contribution in [0.4, 0.5) is 10.5 Å². The Balaban J connectivity index is 1.88. The van der Waals surface area contributed by atoms with E-state index in [-0.39, 0.29) is 6.03 Å². The average Bonchev–Trinajstić information content (AvgIpc) is 3.06. The van der Waals surface area contributed by atoms with Crippen molar-refractivity contribution in [1.82, 2.24) is 10.6 Å². The lowest BCUT2D eigenvalue weighted by atomic mass is 10.0. The second-order valence-corrected chi connectivity index (χ2v) is 5.99. The summed E-state index contributed by atoms with van der Waals surface area (Å²) in [5.74, 6) is -1.64. The number of carbonyl (C=O) groups is 3. The number of hydrogen-bond acceptors (Lipinski definition) is 3. The molecule has 3 N–H and O–H groups in total. The van der Waals surface area contributed by atoms with Crippen LogP contribution < -0.4 is 15.5 Å². The number of carbonyl (C=O) groups excluding carboxylic acids is 2. The van der Waals surface area contributed by atoms with Crippen LogP contribution in [0.15, 0.2) is 48.5 Å². The van der Waals surface area contributed by atoms with E-state index in [1.807, 2.05) is 0 Å². The van der Waals surface area contributed by atoms with Gasteiger partial charge in [0.25, 0.3) is 5.91 Å². The van der Waals surface area contributed by atoms with Gasteiger partial charge in [-0.05, 0) is 30.2 Å². The number of amides is 3. The molecule has 1 saturated heterocycles. The van der Waals surface area contributed by atoms with Crippen LogP contribution in [0.3, 0.4) is 0 Å². The maximum absolute atomic E-state index is 12.7. The number of carboxylic acids is 1. The fraction of sp³-hybridized carbons (Fsp3) is 0.211. The molecule has 0 saturated carbocycles. The van der Waals surface area contributed by atoms with Gasteiger partial charge in [-0.1, -0.05) is 36.4 Å². The molecule has 1 aliphatic heterocycles. The number of aliphatic carboxylic acids is 1. The van der Waals surface area contributed by atoms with Crippen molar-refractivity contribution in [3.63, 3.8) is 0 Å². The third-order valence-electron chi connectivity index (χ3n) is 4.35. The van der Waals surface area contributed by atoms with E-state index in [2.05, 4.69) is 10.6 Å². The van der Waals surface area contributed by atoms with Crippen molar-refractivity contribution in [3.8, 4) is 0 Å². The van der Waals surface area contributed by atoms with Crippen molar-refractivity contribution in [2.24, 2.45) is 0 Å². The number of hydrogen-bond donors (Lipinski definition) is 3. The van der Waals surface area contributed by atoms with Gasteiger partial charge in [-0.2, -0.15) is 0 Å². The highest BCUT2D eigenvalue weighted by atomic mass is 16.4. The van der Waals surface area contributed by atoms with E-state index >= 15 is 0 Å². The number of rotatable bonds is 5. The summed E-state index contributed by atoms with van der Waals surface area (Å²) in [5.41, 5.74) is 2.09. The first-order valence-electron chi connectivity index (χ1n) is 8.22. The van der Waals surface area contributed by atoms with Crippen molar-refractivity contribution in [1.29, 1.82) is 0 Å². The summed E-state index contributed by atoms with van der Waals surface area (Å²) in [7, 11) is 0. The lowest BCUT2D eigenvalue weighted by molar-refractivity contribution is -0.139. The zero-order valence-corrected chi connectivity index (χ0v) is 14.2. The number of nitrogens with zero attached hydrogens (tertiary/aromatic N) is 1. The van der Waals surface area contributed by atoms with Crippen LogP contribution in [-0.4, -0.2) is 36.1 Å². The summed E-state index contributed by atoms with van der Waals surface area (Å²) in [6.45, 7) is 2.81. The summed E-state index contributed by atoms with van der Waals surface area (Å²) >= 11 is 0. The van der Waals surface area contributed by atoms with E-state index < -0.39 is 17.9 Å². The fourth-order valence-electron chi connectivity index (χ4n) is 3.01. The van der Waals surface area contributed by atoms with E-state index in [9.17, 15) is 19.5 Å². The molecule has 0 bridgehead atoms. The maximum atomic E-state index is 12.7. The van der Waals surface area contributed by atoms with Gasteiger partial charge in [-0.25, -0.2) is 9.59 Å². The molecule has 26 heavy (non-hydrogen) atoms. The first kappa shape index (κ1) is 17.5. The number of benzene rings is 2. The van der Waals surface area contributed by atoms with Crippen LogP contribution in [0.5, 0.6) is 0 Å². The van der Waals surface area contributed by atoms with Crippen LogP contribution in [0.2, 0.25) is 0 Å². The minimum Gasteiger partial charge on any atom is -0.479 e. The quantitative estimate of drug-likeness (QED) is 0.766. The average molecular weight is 353 g/mol. The van der Waals surface area contributed by atoms with E-state index in [1.165, 1.54) is 0 Å². The molecule has 3 rings (SSSR count). The lowest BCUT2D eigenvalue weighted by Gasteiger charge is -2.20. The highest BCUT2D eigenvalue weighted by Crippen LogP contribution is 2.25. The van der Waals surface area contributed by atoms with Gasteiger partial charge in [-0.15, -0.1) is 0 Å². The molecule has 0 radical (unpaired) electrons. The topological polar surface area (TPSA) is 98.7 Å². The summed E-state index contributed by atoms with van der Waals surface area (Å²) in [6, 6.07) is 12.2. The first-order chi connectivity index (χ1) is 12.5. The van der Waals surface area contributed by atoms with Crippen LogP contribution in [0, 0.1) is 6.92 Å². The molecule has 1 aliphatic rings. The van der Waals surface area contributed by atoms with E-state index in [1.54, 1.807) is 60.4 Å². The van der Waals surface area contributed by atoms with Crippen molar-refractivity contribution < 1.29 is 19.5 Å². The number of urea groups is 1. The largest absolute Gasteiger partial charge is 0.479 e. The molecule has 2 aromatic rings. The number of carboxylic acid groups (broad SMARTS) is 1. The van der Waals surface area contributed by atoms with Gasteiger partial charge < -0.3 is 15.7 Å². The standard InChI is InChI=1S/C19H19N3O4/c1-12-14(8-5-9-15(12)22-11-10-20-19(22)26)17(23)21-16(18(24)25)13-6-3-2-4-7-13/h2-9,16H,10-11H2,1H3,(H,20,26)(H,21,23)(H,24,25)/t16-/m1/s1. The summed E-state index contributed by atoms with van der Waals surface area (Å²) < 4.78 is 0. The van der Waals surface area contributed by atoms with Gasteiger partial charge >= 0.3 is 12.0 Å². The van der Waals surface area contributed by atoms with Crippen LogP contribution in [-0.2, 0) is 4.79 Å². The fourth-order valence-corrected chi connectivity index (χ4v) is 3.01. The Morgan fingerprint density at radius 3 is 2.50 bits per heavy atom. The van der Waals surface area contributed by atoms with Gasteiger partial charge in [0.2, 0.25) is 0 Å². The zero-order chi connectivity index (χ0) is 18.7. The monoisotopic (exact) mass is 353 g/mol. The maximum Gasteiger partial charge on any atom is 0.330 e. The molecule has 134 valence electrons. The number of nitrogens with one attached hydrogen (secondary N) is 2. The van der Waals surface area contributed by atoms with E-state index in [0.29, 0.717) is 35.5 Å². The van der Waals surface area contributed by atoms with Gasteiger partial charge in [0.05, 0.1) is 0 Å². The highest BCUT2D eigenvalue weighted by molar-refractivity contribution is 6.01. The molecule has 1 heterocycles. The summed E-state index contributed by atoms with van der Waals surface area (Å²) in [4.78, 5) is 37.8. The van der Waals surface area contributed by atoms with Gasteiger partial charge in [0.15, 0.2) is 6.04 Å². The Bertz CT molecular complexity index is 851. The Hall–Kier alpha value is -3.35. The molecular weight excluding hydrogens is 334 g/mol. The molecule has 7 nitrogen and oxygen atoms in total. The SMILES string of the molecule is Cc1c(C(=O)N[C@@H](C(=O)O)c2ccccc2)cccc1N1CCNC1=O. The van der Waals surface area contributed by atoms with Crippen molar-refractivity contribution in [2.45, 2.75) is 13.0 Å². The molecule has 3 amide bonds. The molecule has 1 atom stereocenters. The minimum atomic E-state index is -1.15. The Kier molecular flexibility index (Phi) is 4.88. The second kappa shape index (κ2) is 7.26. The summed E-state index contributed by atoms with van der Waals surface area (Å²) in [6.07, 6.45) is 0. The van der Waals surface area contributed by atoms with Crippen LogP contribution >= 0.6 is 0 Å². The third kappa shape index (κ3) is 3.37. The smallest absolute Gasteiger partial charge is 0.330 e. The molecule has 7 heteroatoms. The Morgan fingerprint density at radius 2 is 1.88 bits per heavy atom. The molecule has 1 fully saturated rings. The minimum absolute atomic E-state index is 0.210. The number of anilines is 1. The molecule has 0 aromatic heterocycles. The van der Waals surface area contributed by atoms with Crippen molar-refractivity contribution in [2.75, 3.05) is 18.0 Å². The molecule has 0 aliphatic carbocycles. The van der Waals surface area contributed by atoms with Crippen molar-refractivity contribution in [3.05, 3.63) is 65.2 Å². The normalized spacial score (nSPS) is 14.7. The van der Waals surface area contributed by atoms with Crippen LogP contribution in [0.1, 0.15) is 27.5 Å². The van der Waals surface area contributed by atoms with Gasteiger partial charge in [-0.3, -0.25) is 9.69 Å². The van der Waals surface area contributed by atoms with E-state index in [0.717, 1.165) is 0 Å².